The van der Waals surface area contributed by atoms with E-state index in [4.69, 9.17) is 0 Å². The van der Waals surface area contributed by atoms with Gasteiger partial charge in [0.25, 0.3) is 0 Å². The second kappa shape index (κ2) is 11.4. The molecule has 0 aromatic heterocycles. The van der Waals surface area contributed by atoms with Crippen LogP contribution in [0.2, 0.25) is 0 Å². The minimum atomic E-state index is 0.786. The van der Waals surface area contributed by atoms with Gasteiger partial charge in [-0.2, -0.15) is 0 Å². The number of allylic oxidation sites excluding steroid dienone is 16. The van der Waals surface area contributed by atoms with E-state index in [1.54, 1.807) is 6.08 Å². The molecule has 0 heteroatoms. The van der Waals surface area contributed by atoms with Crippen LogP contribution in [0.15, 0.2) is 146 Å². The molecule has 0 aromatic carbocycles. The molecule has 0 fully saturated rings. The van der Waals surface area contributed by atoms with Gasteiger partial charge in [0.1, 0.15) is 0 Å². The summed E-state index contributed by atoms with van der Waals surface area (Å²) in [4.78, 5) is 0. The third-order valence-electron chi connectivity index (χ3n) is 3.21. The Morgan fingerprint density at radius 1 is 0.480 bits per heavy atom. The van der Waals surface area contributed by atoms with Gasteiger partial charge in [0.15, 0.2) is 0 Å². The molecule has 25 heavy (non-hydrogen) atoms. The highest BCUT2D eigenvalue weighted by Crippen LogP contribution is 2.16. The van der Waals surface area contributed by atoms with E-state index in [0.717, 1.165) is 39.0 Å². The number of hydrogen-bond donors (Lipinski definition) is 0. The van der Waals surface area contributed by atoms with Crippen molar-refractivity contribution in [3.05, 3.63) is 146 Å². The Hall–Kier alpha value is -3.12. The first-order valence-corrected chi connectivity index (χ1v) is 7.82. The van der Waals surface area contributed by atoms with Crippen LogP contribution in [-0.2, 0) is 0 Å². The Labute approximate surface area is 153 Å². The molecule has 0 nitrogen and oxygen atoms in total. The van der Waals surface area contributed by atoms with Crippen LogP contribution in [0, 0.1) is 0 Å². The molecule has 0 aliphatic rings. The fraction of sp³-hybridized carbons (Fsp3) is 0.0400. The fourth-order valence-electron chi connectivity index (χ4n) is 1.47. The smallest absolute Gasteiger partial charge is 0.0262 e. The molecule has 0 spiro atoms. The normalized spacial score (nSPS) is 11.2. The monoisotopic (exact) mass is 328 g/mol. The summed E-state index contributed by atoms with van der Waals surface area (Å²) in [5, 5.41) is 0. The summed E-state index contributed by atoms with van der Waals surface area (Å²) in [6.07, 6.45) is 16.6. The molecule has 0 saturated carbocycles. The van der Waals surface area contributed by atoms with Gasteiger partial charge >= 0.3 is 0 Å². The van der Waals surface area contributed by atoms with Crippen molar-refractivity contribution < 1.29 is 0 Å². The molecule has 0 saturated heterocycles. The predicted octanol–water partition coefficient (Wildman–Crippen LogP) is 7.31. The van der Waals surface area contributed by atoms with E-state index in [-0.39, 0.29) is 0 Å². The first-order chi connectivity index (χ1) is 11.7. The van der Waals surface area contributed by atoms with Crippen LogP contribution in [0.3, 0.4) is 0 Å². The van der Waals surface area contributed by atoms with E-state index in [9.17, 15) is 0 Å². The Bertz CT molecular complexity index is 737. The van der Waals surface area contributed by atoms with Gasteiger partial charge in [0.05, 0.1) is 0 Å². The molecular formula is C25H28. The van der Waals surface area contributed by atoms with Crippen molar-refractivity contribution in [1.29, 1.82) is 0 Å². The Morgan fingerprint density at radius 3 is 1.04 bits per heavy atom. The van der Waals surface area contributed by atoms with Crippen LogP contribution >= 0.6 is 0 Å². The average Bonchev–Trinajstić information content (AvgIpc) is 2.58. The first-order valence-electron chi connectivity index (χ1n) is 7.82. The summed E-state index contributed by atoms with van der Waals surface area (Å²) in [6, 6.07) is 0. The second-order valence-electron chi connectivity index (χ2n) is 5.59. The molecule has 0 rings (SSSR count). The average molecular weight is 328 g/mol. The zero-order chi connectivity index (χ0) is 19.4. The fourth-order valence-corrected chi connectivity index (χ4v) is 1.47. The summed E-state index contributed by atoms with van der Waals surface area (Å²) < 4.78 is 0. The third-order valence-corrected chi connectivity index (χ3v) is 3.21. The van der Waals surface area contributed by atoms with Gasteiger partial charge in [-0.05, 0) is 40.4 Å². The maximum Gasteiger partial charge on any atom is -0.0262 e. The van der Waals surface area contributed by atoms with Gasteiger partial charge in [-0.3, -0.25) is 0 Å². The Kier molecular flexibility index (Phi) is 10.00. The number of hydrogen-bond acceptors (Lipinski definition) is 0. The quantitative estimate of drug-likeness (QED) is 0.349. The first kappa shape index (κ1) is 21.9. The highest BCUT2D eigenvalue weighted by atomic mass is 14.0. The number of rotatable bonds is 11. The Balaban J connectivity index is 4.78. The maximum absolute atomic E-state index is 4.01. The van der Waals surface area contributed by atoms with E-state index in [0.29, 0.717) is 0 Å². The van der Waals surface area contributed by atoms with Crippen LogP contribution in [0.25, 0.3) is 0 Å². The van der Waals surface area contributed by atoms with E-state index in [1.807, 2.05) is 55.5 Å². The zero-order valence-corrected chi connectivity index (χ0v) is 15.4. The van der Waals surface area contributed by atoms with Crippen molar-refractivity contribution in [2.45, 2.75) is 6.92 Å². The van der Waals surface area contributed by atoms with Gasteiger partial charge in [-0.25, -0.2) is 0 Å². The standard InChI is InChI=1S/C25H28/c1-10-11-12-20(4)22(6)15-16-24(8)25(9)18-17-23(7)21(5)14-13-19(2)3/h10-18H,1-2,4-9H2,3H3/b12-11-,14-13-,16-15-,18-17-. The van der Waals surface area contributed by atoms with E-state index in [1.165, 1.54) is 0 Å². The molecule has 0 aliphatic carbocycles. The minimum absolute atomic E-state index is 0.786. The lowest BCUT2D eigenvalue weighted by Gasteiger charge is -2.03. The van der Waals surface area contributed by atoms with E-state index >= 15 is 0 Å². The second-order valence-corrected chi connectivity index (χ2v) is 5.59. The summed E-state index contributed by atoms with van der Waals surface area (Å²) in [5.74, 6) is 0. The molecule has 0 radical (unpaired) electrons. The SMILES string of the molecule is C=C/C=C\C(=C)C(=C)/C=C\C(=C)C(=C)/C=C\C(=C)C(=C)/C=C\C(=C)C. The molecule has 0 N–H and O–H groups in total. The third kappa shape index (κ3) is 9.58. The minimum Gasteiger partial charge on any atom is -0.0991 e. The van der Waals surface area contributed by atoms with Gasteiger partial charge < -0.3 is 0 Å². The van der Waals surface area contributed by atoms with E-state index < -0.39 is 0 Å². The zero-order valence-electron chi connectivity index (χ0n) is 15.4. The van der Waals surface area contributed by atoms with Crippen molar-refractivity contribution in [2.75, 3.05) is 0 Å². The molecule has 0 atom stereocenters. The van der Waals surface area contributed by atoms with Crippen LogP contribution < -0.4 is 0 Å². The van der Waals surface area contributed by atoms with Crippen molar-refractivity contribution in [1.82, 2.24) is 0 Å². The summed E-state index contributed by atoms with van der Waals surface area (Å²) in [7, 11) is 0. The molecule has 0 bridgehead atoms. The van der Waals surface area contributed by atoms with Gasteiger partial charge in [-0.15, -0.1) is 0 Å². The molecular weight excluding hydrogens is 300 g/mol. The molecule has 0 amide bonds. The summed E-state index contributed by atoms with van der Waals surface area (Å²) in [5.41, 5.74) is 5.79. The molecule has 0 aliphatic heterocycles. The van der Waals surface area contributed by atoms with Gasteiger partial charge in [0, 0.05) is 0 Å². The van der Waals surface area contributed by atoms with Crippen molar-refractivity contribution in [3.8, 4) is 0 Å². The largest absolute Gasteiger partial charge is 0.0991 e. The highest BCUT2D eigenvalue weighted by Gasteiger charge is 1.96. The lowest BCUT2D eigenvalue weighted by molar-refractivity contribution is 1.51. The van der Waals surface area contributed by atoms with E-state index in [2.05, 4.69) is 52.6 Å². The van der Waals surface area contributed by atoms with Crippen molar-refractivity contribution >= 4 is 0 Å². The van der Waals surface area contributed by atoms with Crippen LogP contribution in [-0.4, -0.2) is 0 Å². The lowest BCUT2D eigenvalue weighted by Crippen LogP contribution is -1.83. The highest BCUT2D eigenvalue weighted by molar-refractivity contribution is 5.52. The lowest BCUT2D eigenvalue weighted by atomic mass is 10.0. The molecule has 0 unspecified atom stereocenters. The van der Waals surface area contributed by atoms with Crippen molar-refractivity contribution in [2.24, 2.45) is 0 Å². The Morgan fingerprint density at radius 2 is 0.760 bits per heavy atom. The molecule has 0 aromatic rings. The maximum atomic E-state index is 4.01. The topological polar surface area (TPSA) is 0 Å². The van der Waals surface area contributed by atoms with Crippen LogP contribution in [0.1, 0.15) is 6.92 Å². The summed E-state index contributed by atoms with van der Waals surface area (Å²) >= 11 is 0. The van der Waals surface area contributed by atoms with Crippen LogP contribution in [0.4, 0.5) is 0 Å². The molecule has 0 heterocycles. The predicted molar refractivity (Wildman–Crippen MR) is 116 cm³/mol. The van der Waals surface area contributed by atoms with Gasteiger partial charge in [-0.1, -0.05) is 113 Å². The molecule has 128 valence electrons. The summed E-state index contributed by atoms with van der Waals surface area (Å²) in [6.45, 7) is 33.3. The van der Waals surface area contributed by atoms with Gasteiger partial charge in [0.2, 0.25) is 0 Å². The van der Waals surface area contributed by atoms with Crippen molar-refractivity contribution in [3.63, 3.8) is 0 Å². The van der Waals surface area contributed by atoms with Crippen LogP contribution in [0.5, 0.6) is 0 Å².